The van der Waals surface area contributed by atoms with Gasteiger partial charge in [0.15, 0.2) is 5.78 Å². The van der Waals surface area contributed by atoms with Gasteiger partial charge < -0.3 is 14.4 Å². The number of ether oxygens (including phenoxy) is 2. The van der Waals surface area contributed by atoms with Crippen LogP contribution in [0.25, 0.3) is 0 Å². The maximum atomic E-state index is 12.5. The molecule has 4 nitrogen and oxygen atoms in total. The van der Waals surface area contributed by atoms with E-state index in [2.05, 4.69) is 18.7 Å². The molecule has 1 atom stereocenters. The first-order valence-corrected chi connectivity index (χ1v) is 9.45. The van der Waals surface area contributed by atoms with Gasteiger partial charge in [-0.1, -0.05) is 0 Å². The Morgan fingerprint density at radius 1 is 1.24 bits per heavy atom. The summed E-state index contributed by atoms with van der Waals surface area (Å²) in [6, 6.07) is 7.43. The fourth-order valence-corrected chi connectivity index (χ4v) is 4.62. The van der Waals surface area contributed by atoms with E-state index in [1.54, 1.807) is 7.11 Å². The number of methoxy groups -OCH3 is 1. The van der Waals surface area contributed by atoms with Crippen molar-refractivity contribution in [1.29, 1.82) is 0 Å². The van der Waals surface area contributed by atoms with E-state index in [0.717, 1.165) is 50.4 Å². The number of likely N-dealkylation sites (tertiary alicyclic amines) is 1. The molecule has 0 bridgehead atoms. The Labute approximate surface area is 151 Å². The first-order valence-electron chi connectivity index (χ1n) is 9.45. The van der Waals surface area contributed by atoms with E-state index in [9.17, 15) is 4.79 Å². The monoisotopic (exact) mass is 345 g/mol. The highest BCUT2D eigenvalue weighted by Crippen LogP contribution is 2.44. The topological polar surface area (TPSA) is 38.8 Å². The number of ketones is 1. The minimum Gasteiger partial charge on any atom is -0.497 e. The molecule has 0 amide bonds. The third-order valence-corrected chi connectivity index (χ3v) is 5.73. The van der Waals surface area contributed by atoms with E-state index < -0.39 is 0 Å². The van der Waals surface area contributed by atoms with Gasteiger partial charge in [0.2, 0.25) is 0 Å². The molecule has 4 heteroatoms. The summed E-state index contributed by atoms with van der Waals surface area (Å²) >= 11 is 0. The zero-order valence-electron chi connectivity index (χ0n) is 15.8. The predicted octanol–water partition coefficient (Wildman–Crippen LogP) is 3.94. The Balaban J connectivity index is 1.55. The van der Waals surface area contributed by atoms with Crippen molar-refractivity contribution in [2.24, 2.45) is 5.41 Å². The number of Topliss-reactive ketones (excluding diaryl/α,β-unsaturated/α-hetero) is 1. The predicted molar refractivity (Wildman–Crippen MR) is 99.3 cm³/mol. The number of carbonyl (C=O) groups excluding carboxylic acids is 1. The highest BCUT2D eigenvalue weighted by atomic mass is 16.5. The Kier molecular flexibility index (Phi) is 5.49. The summed E-state index contributed by atoms with van der Waals surface area (Å²) in [5, 5.41) is 0. The van der Waals surface area contributed by atoms with Gasteiger partial charge in [0, 0.05) is 31.7 Å². The van der Waals surface area contributed by atoms with Gasteiger partial charge in [-0.25, -0.2) is 0 Å². The van der Waals surface area contributed by atoms with Gasteiger partial charge in [0.1, 0.15) is 5.75 Å². The molecule has 0 saturated carbocycles. The summed E-state index contributed by atoms with van der Waals surface area (Å²) in [7, 11) is 1.64. The highest BCUT2D eigenvalue weighted by molar-refractivity contribution is 5.96. The van der Waals surface area contributed by atoms with Crippen molar-refractivity contribution in [3.63, 3.8) is 0 Å². The van der Waals surface area contributed by atoms with Crippen LogP contribution in [0.3, 0.4) is 0 Å². The Hall–Kier alpha value is -1.39. The Morgan fingerprint density at radius 3 is 2.68 bits per heavy atom. The summed E-state index contributed by atoms with van der Waals surface area (Å²) in [6.45, 7) is 8.36. The average Bonchev–Trinajstić information content (AvgIpc) is 2.59. The quantitative estimate of drug-likeness (QED) is 0.758. The molecular formula is C21H31NO3. The number of benzene rings is 1. The molecule has 1 spiro atoms. The maximum absolute atomic E-state index is 12.5. The largest absolute Gasteiger partial charge is 0.497 e. The lowest BCUT2D eigenvalue weighted by atomic mass is 9.69. The van der Waals surface area contributed by atoms with Gasteiger partial charge in [0.05, 0.1) is 12.7 Å². The molecule has 0 aromatic heterocycles. The van der Waals surface area contributed by atoms with E-state index in [1.165, 1.54) is 12.8 Å². The van der Waals surface area contributed by atoms with Crippen LogP contribution in [0.2, 0.25) is 0 Å². The lowest BCUT2D eigenvalue weighted by molar-refractivity contribution is -0.122. The van der Waals surface area contributed by atoms with Crippen molar-refractivity contribution < 1.29 is 14.3 Å². The summed E-state index contributed by atoms with van der Waals surface area (Å²) in [5.41, 5.74) is 1.14. The molecule has 3 rings (SSSR count). The normalized spacial score (nSPS) is 26.5. The van der Waals surface area contributed by atoms with Crippen molar-refractivity contribution >= 4 is 5.78 Å². The molecule has 0 N–H and O–H groups in total. The van der Waals surface area contributed by atoms with E-state index in [1.807, 2.05) is 24.3 Å². The molecule has 138 valence electrons. The van der Waals surface area contributed by atoms with Gasteiger partial charge >= 0.3 is 0 Å². The van der Waals surface area contributed by atoms with Crippen LogP contribution in [0.1, 0.15) is 56.3 Å². The van der Waals surface area contributed by atoms with Crippen molar-refractivity contribution in [3.05, 3.63) is 29.8 Å². The van der Waals surface area contributed by atoms with Crippen molar-refractivity contribution in [2.45, 2.75) is 51.6 Å². The second-order valence-electron chi connectivity index (χ2n) is 8.32. The molecule has 2 heterocycles. The van der Waals surface area contributed by atoms with Crippen LogP contribution in [0, 0.1) is 5.41 Å². The molecule has 1 unspecified atom stereocenters. The molecule has 2 saturated heterocycles. The van der Waals surface area contributed by atoms with Gasteiger partial charge in [-0.3, -0.25) is 4.79 Å². The van der Waals surface area contributed by atoms with Crippen LogP contribution in [-0.4, -0.2) is 49.6 Å². The van der Waals surface area contributed by atoms with Crippen LogP contribution in [-0.2, 0) is 4.74 Å². The molecule has 0 radical (unpaired) electrons. The number of hydrogen-bond donors (Lipinski definition) is 0. The lowest BCUT2D eigenvalue weighted by Crippen LogP contribution is -2.50. The smallest absolute Gasteiger partial charge is 0.164 e. The van der Waals surface area contributed by atoms with Crippen LogP contribution >= 0.6 is 0 Å². The fraction of sp³-hybridized carbons (Fsp3) is 0.667. The molecule has 25 heavy (non-hydrogen) atoms. The van der Waals surface area contributed by atoms with Gasteiger partial charge in [0.25, 0.3) is 0 Å². The van der Waals surface area contributed by atoms with Crippen LogP contribution in [0.5, 0.6) is 5.75 Å². The second kappa shape index (κ2) is 7.46. The second-order valence-corrected chi connectivity index (χ2v) is 8.32. The maximum Gasteiger partial charge on any atom is 0.164 e. The zero-order valence-corrected chi connectivity index (χ0v) is 15.8. The molecule has 1 aromatic carbocycles. The minimum absolute atomic E-state index is 0.0137. The summed E-state index contributed by atoms with van der Waals surface area (Å²) in [4.78, 5) is 15.0. The Morgan fingerprint density at radius 2 is 2.00 bits per heavy atom. The van der Waals surface area contributed by atoms with Crippen LogP contribution in [0.15, 0.2) is 24.3 Å². The average molecular weight is 345 g/mol. The third kappa shape index (κ3) is 4.62. The minimum atomic E-state index is -0.0137. The molecule has 2 aliphatic rings. The van der Waals surface area contributed by atoms with Gasteiger partial charge in [-0.2, -0.15) is 0 Å². The number of nitrogens with zero attached hydrogens (tertiary/aromatic N) is 1. The lowest BCUT2D eigenvalue weighted by Gasteiger charge is -2.50. The number of hydrogen-bond acceptors (Lipinski definition) is 4. The zero-order chi connectivity index (χ0) is 17.9. The third-order valence-electron chi connectivity index (χ3n) is 5.73. The summed E-state index contributed by atoms with van der Waals surface area (Å²) in [5.74, 6) is 1.01. The standard InChI is InChI=1S/C21H31NO3/c1-20(2)15-21(11-14-25-20)10-4-12-22(16-21)13-9-19(23)17-5-7-18(24-3)8-6-17/h5-8H,4,9-16H2,1-3H3. The SMILES string of the molecule is COc1ccc(C(=O)CCN2CCCC3(CCOC(C)(C)C3)C2)cc1. The molecular weight excluding hydrogens is 314 g/mol. The molecule has 0 aliphatic carbocycles. The number of rotatable bonds is 5. The van der Waals surface area contributed by atoms with E-state index in [4.69, 9.17) is 9.47 Å². The van der Waals surface area contributed by atoms with E-state index in [-0.39, 0.29) is 11.4 Å². The molecule has 1 aromatic rings. The van der Waals surface area contributed by atoms with E-state index in [0.29, 0.717) is 11.8 Å². The van der Waals surface area contributed by atoms with E-state index >= 15 is 0 Å². The molecule has 2 fully saturated rings. The number of carbonyl (C=O) groups is 1. The first-order chi connectivity index (χ1) is 11.9. The van der Waals surface area contributed by atoms with Crippen molar-refractivity contribution in [1.82, 2.24) is 4.90 Å². The summed E-state index contributed by atoms with van der Waals surface area (Å²) < 4.78 is 11.1. The summed E-state index contributed by atoms with van der Waals surface area (Å²) in [6.07, 6.45) is 5.39. The molecule has 2 aliphatic heterocycles. The first kappa shape index (κ1) is 18.4. The van der Waals surface area contributed by atoms with Gasteiger partial charge in [-0.15, -0.1) is 0 Å². The number of piperidine rings is 1. The van der Waals surface area contributed by atoms with Crippen molar-refractivity contribution in [3.8, 4) is 5.75 Å². The highest BCUT2D eigenvalue weighted by Gasteiger charge is 2.43. The Bertz CT molecular complexity index is 592. The van der Waals surface area contributed by atoms with Crippen LogP contribution < -0.4 is 4.74 Å². The van der Waals surface area contributed by atoms with Crippen LogP contribution in [0.4, 0.5) is 0 Å². The van der Waals surface area contributed by atoms with Gasteiger partial charge in [-0.05, 0) is 75.8 Å². The van der Waals surface area contributed by atoms with Crippen molar-refractivity contribution in [2.75, 3.05) is 33.4 Å². The fourth-order valence-electron chi connectivity index (χ4n) is 4.62.